The van der Waals surface area contributed by atoms with Gasteiger partial charge in [-0.3, -0.25) is 0 Å². The number of alkyl halides is 2. The molecule has 0 aliphatic heterocycles. The summed E-state index contributed by atoms with van der Waals surface area (Å²) in [5, 5.41) is 16.0. The van der Waals surface area contributed by atoms with Gasteiger partial charge in [-0.05, 0) is 37.7 Å². The Hall–Kier alpha value is -1.16. The van der Waals surface area contributed by atoms with E-state index in [0.29, 0.717) is 18.1 Å². The number of para-hydroxylation sites is 1. The SMILES string of the molecule is CCNC(=NCc1ccccc1OC(F)F)NCC1(CCO)CCCCC1.I. The number of aliphatic hydroxyl groups is 1. The highest BCUT2D eigenvalue weighted by molar-refractivity contribution is 14.0. The van der Waals surface area contributed by atoms with Gasteiger partial charge in [-0.15, -0.1) is 24.0 Å². The van der Waals surface area contributed by atoms with Gasteiger partial charge in [-0.25, -0.2) is 4.99 Å². The molecule has 0 aromatic heterocycles. The van der Waals surface area contributed by atoms with Crippen LogP contribution in [0.5, 0.6) is 5.75 Å². The normalized spacial score (nSPS) is 16.4. The molecule has 1 aromatic rings. The standard InChI is InChI=1S/C20H31F2N3O2.HI/c1-2-23-19(25-15-20(12-13-26)10-6-3-7-11-20)24-14-16-8-4-5-9-17(16)27-18(21)22;/h4-5,8-9,18,26H,2-3,6-7,10-15H2,1H3,(H2,23,24,25);1H. The molecule has 0 unspecified atom stereocenters. The Bertz CT molecular complexity index is 591. The first kappa shape index (κ1) is 24.9. The highest BCUT2D eigenvalue weighted by Crippen LogP contribution is 2.38. The molecule has 1 fully saturated rings. The van der Waals surface area contributed by atoms with Crippen LogP contribution in [-0.4, -0.2) is 37.4 Å². The lowest BCUT2D eigenvalue weighted by molar-refractivity contribution is -0.0504. The fourth-order valence-corrected chi connectivity index (χ4v) is 3.68. The number of rotatable bonds is 9. The molecule has 1 saturated carbocycles. The quantitative estimate of drug-likeness (QED) is 0.263. The van der Waals surface area contributed by atoms with Crippen molar-refractivity contribution in [3.05, 3.63) is 29.8 Å². The Morgan fingerprint density at radius 2 is 1.93 bits per heavy atom. The van der Waals surface area contributed by atoms with Crippen molar-refractivity contribution in [1.29, 1.82) is 0 Å². The molecule has 0 radical (unpaired) electrons. The molecule has 1 aromatic carbocycles. The van der Waals surface area contributed by atoms with Crippen molar-refractivity contribution in [3.8, 4) is 5.75 Å². The van der Waals surface area contributed by atoms with Gasteiger partial charge in [-0.1, -0.05) is 37.5 Å². The van der Waals surface area contributed by atoms with E-state index in [1.807, 2.05) is 6.92 Å². The highest BCUT2D eigenvalue weighted by atomic mass is 127. The van der Waals surface area contributed by atoms with Crippen molar-refractivity contribution in [1.82, 2.24) is 10.6 Å². The molecule has 28 heavy (non-hydrogen) atoms. The predicted molar refractivity (Wildman–Crippen MR) is 119 cm³/mol. The summed E-state index contributed by atoms with van der Waals surface area (Å²) < 4.78 is 29.7. The van der Waals surface area contributed by atoms with Gasteiger partial charge in [0.2, 0.25) is 0 Å². The number of guanidine groups is 1. The van der Waals surface area contributed by atoms with E-state index in [2.05, 4.69) is 20.4 Å². The lowest BCUT2D eigenvalue weighted by Gasteiger charge is -2.37. The molecule has 5 nitrogen and oxygen atoms in total. The summed E-state index contributed by atoms with van der Waals surface area (Å²) in [4.78, 5) is 4.53. The summed E-state index contributed by atoms with van der Waals surface area (Å²) >= 11 is 0. The molecular weight excluding hydrogens is 479 g/mol. The first-order chi connectivity index (χ1) is 13.1. The smallest absolute Gasteiger partial charge is 0.387 e. The number of aliphatic hydroxyl groups excluding tert-OH is 1. The minimum absolute atomic E-state index is 0. The Kier molecular flexibility index (Phi) is 11.7. The average molecular weight is 511 g/mol. The Balaban J connectivity index is 0.00000392. The molecule has 1 aliphatic rings. The maximum absolute atomic E-state index is 12.6. The van der Waals surface area contributed by atoms with Crippen LogP contribution in [0.3, 0.4) is 0 Å². The van der Waals surface area contributed by atoms with Crippen LogP contribution in [0.15, 0.2) is 29.3 Å². The van der Waals surface area contributed by atoms with E-state index in [-0.39, 0.29) is 48.3 Å². The maximum atomic E-state index is 12.6. The largest absolute Gasteiger partial charge is 0.434 e. The van der Waals surface area contributed by atoms with Crippen LogP contribution in [0, 0.1) is 5.41 Å². The van der Waals surface area contributed by atoms with Crippen LogP contribution < -0.4 is 15.4 Å². The number of benzene rings is 1. The number of ether oxygens (including phenoxy) is 1. The molecule has 0 atom stereocenters. The van der Waals surface area contributed by atoms with Gasteiger partial charge in [0.25, 0.3) is 0 Å². The second-order valence-corrected chi connectivity index (χ2v) is 7.07. The molecule has 0 saturated heterocycles. The number of hydrogen-bond acceptors (Lipinski definition) is 3. The van der Waals surface area contributed by atoms with E-state index in [4.69, 9.17) is 0 Å². The summed E-state index contributed by atoms with van der Waals surface area (Å²) in [5.74, 6) is 0.795. The minimum Gasteiger partial charge on any atom is -0.434 e. The lowest BCUT2D eigenvalue weighted by atomic mass is 9.72. The van der Waals surface area contributed by atoms with Crippen LogP contribution in [-0.2, 0) is 6.54 Å². The molecule has 0 amide bonds. The van der Waals surface area contributed by atoms with Crippen LogP contribution >= 0.6 is 24.0 Å². The van der Waals surface area contributed by atoms with Crippen molar-refractivity contribution < 1.29 is 18.6 Å². The van der Waals surface area contributed by atoms with Crippen molar-refractivity contribution in [2.24, 2.45) is 10.4 Å². The summed E-state index contributed by atoms with van der Waals surface area (Å²) in [6.07, 6.45) is 6.62. The van der Waals surface area contributed by atoms with Crippen molar-refractivity contribution in [2.45, 2.75) is 58.6 Å². The van der Waals surface area contributed by atoms with E-state index in [9.17, 15) is 13.9 Å². The molecule has 3 N–H and O–H groups in total. The van der Waals surface area contributed by atoms with Gasteiger partial charge < -0.3 is 20.5 Å². The first-order valence-electron chi connectivity index (χ1n) is 9.74. The summed E-state index contributed by atoms with van der Waals surface area (Å²) in [7, 11) is 0. The highest BCUT2D eigenvalue weighted by Gasteiger charge is 2.31. The Morgan fingerprint density at radius 1 is 1.21 bits per heavy atom. The van der Waals surface area contributed by atoms with Gasteiger partial charge in [0.1, 0.15) is 5.75 Å². The second kappa shape index (κ2) is 13.1. The van der Waals surface area contributed by atoms with Crippen molar-refractivity contribution in [2.75, 3.05) is 19.7 Å². The third-order valence-corrected chi connectivity index (χ3v) is 5.13. The number of nitrogens with zero attached hydrogens (tertiary/aromatic N) is 1. The molecule has 0 heterocycles. The van der Waals surface area contributed by atoms with Crippen LogP contribution in [0.4, 0.5) is 8.78 Å². The summed E-state index contributed by atoms with van der Waals surface area (Å²) in [6.45, 7) is 1.00. The number of nitrogens with one attached hydrogen (secondary N) is 2. The van der Waals surface area contributed by atoms with E-state index < -0.39 is 6.61 Å². The van der Waals surface area contributed by atoms with E-state index in [1.54, 1.807) is 18.2 Å². The zero-order chi connectivity index (χ0) is 19.5. The molecule has 0 spiro atoms. The third kappa shape index (κ3) is 8.06. The first-order valence-corrected chi connectivity index (χ1v) is 9.74. The number of halogens is 3. The average Bonchev–Trinajstić information content (AvgIpc) is 2.66. The van der Waals surface area contributed by atoms with Crippen LogP contribution in [0.1, 0.15) is 51.0 Å². The molecular formula is C20H32F2IN3O2. The topological polar surface area (TPSA) is 65.9 Å². The fourth-order valence-electron chi connectivity index (χ4n) is 3.68. The zero-order valence-corrected chi connectivity index (χ0v) is 18.8. The van der Waals surface area contributed by atoms with Gasteiger partial charge in [-0.2, -0.15) is 8.78 Å². The van der Waals surface area contributed by atoms with Crippen LogP contribution in [0.2, 0.25) is 0 Å². The monoisotopic (exact) mass is 511 g/mol. The molecule has 2 rings (SSSR count). The van der Waals surface area contributed by atoms with Gasteiger partial charge >= 0.3 is 6.61 Å². The van der Waals surface area contributed by atoms with Crippen molar-refractivity contribution >= 4 is 29.9 Å². The van der Waals surface area contributed by atoms with Gasteiger partial charge in [0.05, 0.1) is 6.54 Å². The van der Waals surface area contributed by atoms with Gasteiger partial charge in [0.15, 0.2) is 5.96 Å². The Morgan fingerprint density at radius 3 is 2.57 bits per heavy atom. The number of aliphatic imine (C=N–C) groups is 1. The molecule has 1 aliphatic carbocycles. The lowest BCUT2D eigenvalue weighted by Crippen LogP contribution is -2.44. The Labute approximate surface area is 183 Å². The fraction of sp³-hybridized carbons (Fsp3) is 0.650. The predicted octanol–water partition coefficient (Wildman–Crippen LogP) is 4.29. The van der Waals surface area contributed by atoms with E-state index >= 15 is 0 Å². The van der Waals surface area contributed by atoms with Crippen molar-refractivity contribution in [3.63, 3.8) is 0 Å². The maximum Gasteiger partial charge on any atom is 0.387 e. The summed E-state index contributed by atoms with van der Waals surface area (Å²) in [5.41, 5.74) is 0.706. The molecule has 0 bridgehead atoms. The zero-order valence-electron chi connectivity index (χ0n) is 16.4. The minimum atomic E-state index is -2.86. The second-order valence-electron chi connectivity index (χ2n) is 7.07. The van der Waals surface area contributed by atoms with E-state index in [0.717, 1.165) is 25.8 Å². The van der Waals surface area contributed by atoms with Gasteiger partial charge in [0, 0.05) is 25.3 Å². The third-order valence-electron chi connectivity index (χ3n) is 5.13. The molecule has 160 valence electrons. The number of hydrogen-bond donors (Lipinski definition) is 3. The summed E-state index contributed by atoms with van der Waals surface area (Å²) in [6, 6.07) is 6.70. The van der Waals surface area contributed by atoms with E-state index in [1.165, 1.54) is 25.3 Å². The molecule has 8 heteroatoms. The van der Waals surface area contributed by atoms with Crippen LogP contribution in [0.25, 0.3) is 0 Å².